The van der Waals surface area contributed by atoms with E-state index in [1.807, 2.05) is 0 Å². The van der Waals surface area contributed by atoms with Crippen LogP contribution in [0.25, 0.3) is 0 Å². The molecule has 0 aromatic heterocycles. The maximum Gasteiger partial charge on any atom is 0.0449 e. The average Bonchev–Trinajstić information content (AvgIpc) is 2.76. The maximum atomic E-state index is 3.60. The molecule has 0 aliphatic carbocycles. The third kappa shape index (κ3) is 3.30. The van der Waals surface area contributed by atoms with Crippen molar-refractivity contribution in [2.24, 2.45) is 0 Å². The zero-order chi connectivity index (χ0) is 12.1. The van der Waals surface area contributed by atoms with E-state index in [0.717, 1.165) is 19.1 Å². The molecule has 2 heteroatoms. The predicted octanol–water partition coefficient (Wildman–Crippen LogP) is 2.82. The minimum atomic E-state index is 0.474. The zero-order valence-electron chi connectivity index (χ0n) is 11.0. The van der Waals surface area contributed by atoms with Crippen LogP contribution in [0.2, 0.25) is 0 Å². The van der Waals surface area contributed by atoms with Crippen molar-refractivity contribution in [2.45, 2.75) is 38.8 Å². The molecule has 1 heterocycles. The van der Waals surface area contributed by atoms with Crippen LogP contribution in [-0.2, 0) is 0 Å². The number of hydrogen-bond donors (Lipinski definition) is 1. The van der Waals surface area contributed by atoms with E-state index in [2.05, 4.69) is 54.4 Å². The van der Waals surface area contributed by atoms with E-state index in [9.17, 15) is 0 Å². The molecule has 1 aromatic carbocycles. The molecule has 0 saturated carbocycles. The minimum Gasteiger partial charge on any atom is -0.309 e. The molecule has 2 rings (SSSR count). The Morgan fingerprint density at radius 1 is 1.35 bits per heavy atom. The van der Waals surface area contributed by atoms with Gasteiger partial charge in [-0.15, -0.1) is 0 Å². The van der Waals surface area contributed by atoms with E-state index < -0.39 is 0 Å². The van der Waals surface area contributed by atoms with Crippen LogP contribution in [0.15, 0.2) is 30.3 Å². The van der Waals surface area contributed by atoms with Crippen LogP contribution in [0.5, 0.6) is 0 Å². The number of likely N-dealkylation sites (N-methyl/N-ethyl adjacent to an activating group) is 1. The van der Waals surface area contributed by atoms with Crippen LogP contribution >= 0.6 is 0 Å². The summed E-state index contributed by atoms with van der Waals surface area (Å²) in [4.78, 5) is 2.61. The Bertz CT molecular complexity index is 323. The first-order valence-electron chi connectivity index (χ1n) is 6.83. The second kappa shape index (κ2) is 6.18. The molecule has 94 valence electrons. The number of hydrogen-bond acceptors (Lipinski definition) is 2. The largest absolute Gasteiger partial charge is 0.309 e. The molecule has 0 radical (unpaired) electrons. The van der Waals surface area contributed by atoms with Crippen LogP contribution in [-0.4, -0.2) is 30.6 Å². The lowest BCUT2D eigenvalue weighted by molar-refractivity contribution is 0.238. The molecule has 0 spiro atoms. The van der Waals surface area contributed by atoms with Gasteiger partial charge in [-0.25, -0.2) is 0 Å². The number of nitrogens with one attached hydrogen (secondary N) is 1. The quantitative estimate of drug-likeness (QED) is 0.840. The number of benzene rings is 1. The monoisotopic (exact) mass is 232 g/mol. The zero-order valence-corrected chi connectivity index (χ0v) is 11.0. The van der Waals surface area contributed by atoms with Crippen molar-refractivity contribution < 1.29 is 0 Å². The molecule has 1 aromatic rings. The fourth-order valence-corrected chi connectivity index (χ4v) is 2.72. The molecule has 1 aliphatic heterocycles. The summed E-state index contributed by atoms with van der Waals surface area (Å²) in [5.41, 5.74) is 1.41. The highest BCUT2D eigenvalue weighted by Crippen LogP contribution is 2.21. The third-order valence-corrected chi connectivity index (χ3v) is 3.76. The molecule has 1 fully saturated rings. The lowest BCUT2D eigenvalue weighted by Gasteiger charge is -2.27. The maximum absolute atomic E-state index is 3.60. The van der Waals surface area contributed by atoms with Gasteiger partial charge in [0.25, 0.3) is 0 Å². The lowest BCUT2D eigenvalue weighted by atomic mass is 10.1. The Balaban J connectivity index is 2.02. The van der Waals surface area contributed by atoms with Crippen molar-refractivity contribution in [1.29, 1.82) is 0 Å². The van der Waals surface area contributed by atoms with E-state index in [-0.39, 0.29) is 0 Å². The van der Waals surface area contributed by atoms with Gasteiger partial charge in [0.15, 0.2) is 0 Å². The molecule has 1 aliphatic rings. The van der Waals surface area contributed by atoms with Crippen molar-refractivity contribution >= 4 is 0 Å². The van der Waals surface area contributed by atoms with Gasteiger partial charge in [-0.3, -0.25) is 4.90 Å². The third-order valence-electron chi connectivity index (χ3n) is 3.76. The number of nitrogens with zero attached hydrogens (tertiary/aromatic N) is 1. The SMILES string of the molecule is CCNC(CN1CCCC1C)c1ccccc1. The number of rotatable bonds is 5. The van der Waals surface area contributed by atoms with E-state index in [4.69, 9.17) is 0 Å². The Kier molecular flexibility index (Phi) is 4.57. The fourth-order valence-electron chi connectivity index (χ4n) is 2.72. The van der Waals surface area contributed by atoms with Crippen molar-refractivity contribution in [3.8, 4) is 0 Å². The molecule has 1 saturated heterocycles. The van der Waals surface area contributed by atoms with Crippen molar-refractivity contribution in [2.75, 3.05) is 19.6 Å². The molecule has 2 nitrogen and oxygen atoms in total. The van der Waals surface area contributed by atoms with Gasteiger partial charge in [0.1, 0.15) is 0 Å². The highest BCUT2D eigenvalue weighted by atomic mass is 15.2. The molecule has 1 N–H and O–H groups in total. The lowest BCUT2D eigenvalue weighted by Crippen LogP contribution is -2.36. The van der Waals surface area contributed by atoms with Gasteiger partial charge in [-0.1, -0.05) is 37.3 Å². The van der Waals surface area contributed by atoms with Crippen LogP contribution in [0.3, 0.4) is 0 Å². The van der Waals surface area contributed by atoms with Gasteiger partial charge in [0.2, 0.25) is 0 Å². The average molecular weight is 232 g/mol. The molecule has 2 atom stereocenters. The summed E-state index contributed by atoms with van der Waals surface area (Å²) in [6.45, 7) is 7.96. The van der Waals surface area contributed by atoms with E-state index in [1.54, 1.807) is 0 Å². The molecular formula is C15H24N2. The highest BCUT2D eigenvalue weighted by Gasteiger charge is 2.23. The standard InChI is InChI=1S/C15H24N2/c1-3-16-15(14-9-5-4-6-10-14)12-17-11-7-8-13(17)2/h4-6,9-10,13,15-16H,3,7-8,11-12H2,1-2H3. The summed E-state index contributed by atoms with van der Waals surface area (Å²) in [6.07, 6.45) is 2.71. The first-order valence-corrected chi connectivity index (χ1v) is 6.83. The Morgan fingerprint density at radius 2 is 2.12 bits per heavy atom. The predicted molar refractivity (Wildman–Crippen MR) is 73.1 cm³/mol. The Labute approximate surface area is 105 Å². The van der Waals surface area contributed by atoms with Gasteiger partial charge in [-0.05, 0) is 38.4 Å². The van der Waals surface area contributed by atoms with Crippen LogP contribution in [0.4, 0.5) is 0 Å². The molecule has 0 bridgehead atoms. The Hall–Kier alpha value is -0.860. The smallest absolute Gasteiger partial charge is 0.0449 e. The van der Waals surface area contributed by atoms with Crippen molar-refractivity contribution in [3.63, 3.8) is 0 Å². The molecular weight excluding hydrogens is 208 g/mol. The summed E-state index contributed by atoms with van der Waals surface area (Å²) in [7, 11) is 0. The first kappa shape index (κ1) is 12.6. The van der Waals surface area contributed by atoms with Gasteiger partial charge in [-0.2, -0.15) is 0 Å². The molecule has 2 unspecified atom stereocenters. The van der Waals surface area contributed by atoms with E-state index in [1.165, 1.54) is 24.9 Å². The Morgan fingerprint density at radius 3 is 2.71 bits per heavy atom. The summed E-state index contributed by atoms with van der Waals surface area (Å²) in [5.74, 6) is 0. The summed E-state index contributed by atoms with van der Waals surface area (Å²) in [6, 6.07) is 12.0. The second-order valence-electron chi connectivity index (χ2n) is 5.01. The summed E-state index contributed by atoms with van der Waals surface area (Å²) < 4.78 is 0. The minimum absolute atomic E-state index is 0.474. The van der Waals surface area contributed by atoms with Gasteiger partial charge >= 0.3 is 0 Å². The fraction of sp³-hybridized carbons (Fsp3) is 0.600. The molecule has 0 amide bonds. The van der Waals surface area contributed by atoms with Gasteiger partial charge in [0, 0.05) is 18.6 Å². The van der Waals surface area contributed by atoms with Gasteiger partial charge < -0.3 is 5.32 Å². The van der Waals surface area contributed by atoms with E-state index in [0.29, 0.717) is 6.04 Å². The van der Waals surface area contributed by atoms with Crippen molar-refractivity contribution in [3.05, 3.63) is 35.9 Å². The normalized spacial score (nSPS) is 22.8. The van der Waals surface area contributed by atoms with Crippen molar-refractivity contribution in [1.82, 2.24) is 10.2 Å². The highest BCUT2D eigenvalue weighted by molar-refractivity contribution is 5.19. The second-order valence-corrected chi connectivity index (χ2v) is 5.01. The summed E-state index contributed by atoms with van der Waals surface area (Å²) >= 11 is 0. The van der Waals surface area contributed by atoms with Crippen LogP contribution in [0, 0.1) is 0 Å². The van der Waals surface area contributed by atoms with Gasteiger partial charge in [0.05, 0.1) is 0 Å². The van der Waals surface area contributed by atoms with Crippen LogP contribution < -0.4 is 5.32 Å². The topological polar surface area (TPSA) is 15.3 Å². The number of likely N-dealkylation sites (tertiary alicyclic amines) is 1. The van der Waals surface area contributed by atoms with Crippen LogP contribution in [0.1, 0.15) is 38.3 Å². The first-order chi connectivity index (χ1) is 8.31. The summed E-state index contributed by atoms with van der Waals surface area (Å²) in [5, 5.41) is 3.60. The van der Waals surface area contributed by atoms with E-state index >= 15 is 0 Å². The molecule has 17 heavy (non-hydrogen) atoms.